The maximum absolute atomic E-state index is 14.4. The monoisotopic (exact) mass is 557 g/mol. The first kappa shape index (κ1) is 34.5. The van der Waals surface area contributed by atoms with E-state index in [1.807, 2.05) is 34.6 Å². The Labute approximate surface area is 239 Å². The van der Waals surface area contributed by atoms with Crippen LogP contribution in [-0.4, -0.2) is 59.1 Å². The number of amides is 3. The summed E-state index contributed by atoms with van der Waals surface area (Å²) < 4.78 is 10.4. The Morgan fingerprint density at radius 1 is 1.02 bits per heavy atom. The molecule has 0 saturated carbocycles. The Kier molecular flexibility index (Phi) is 13.2. The predicted molar refractivity (Wildman–Crippen MR) is 155 cm³/mol. The molecule has 9 nitrogen and oxygen atoms in total. The molecule has 0 saturated heterocycles. The average molecular weight is 558 g/mol. The molecule has 0 heterocycles. The number of esters is 1. The molecule has 0 fully saturated rings. The lowest BCUT2D eigenvalue weighted by Crippen LogP contribution is -2.60. The molecular formula is C31H47N3O6. The maximum Gasteiger partial charge on any atom is 0.408 e. The van der Waals surface area contributed by atoms with Gasteiger partial charge in [-0.25, -0.2) is 4.79 Å². The second-order valence-electron chi connectivity index (χ2n) is 11.4. The normalized spacial score (nSPS) is 13.7. The molecule has 0 aliphatic carbocycles. The van der Waals surface area contributed by atoms with E-state index >= 15 is 0 Å². The molecule has 3 amide bonds. The van der Waals surface area contributed by atoms with Gasteiger partial charge in [0.1, 0.15) is 17.7 Å². The number of rotatable bonds is 13. The quantitative estimate of drug-likeness (QED) is 0.268. The van der Waals surface area contributed by atoms with Gasteiger partial charge in [0.25, 0.3) is 0 Å². The molecular weight excluding hydrogens is 510 g/mol. The number of benzene rings is 1. The average Bonchev–Trinajstić information content (AvgIpc) is 2.88. The van der Waals surface area contributed by atoms with Crippen LogP contribution in [0.2, 0.25) is 0 Å². The van der Waals surface area contributed by atoms with E-state index in [2.05, 4.69) is 16.6 Å². The molecule has 1 aromatic rings. The minimum absolute atomic E-state index is 0.0108. The van der Waals surface area contributed by atoms with E-state index < -0.39 is 47.1 Å². The molecule has 0 aliphatic heterocycles. The Morgan fingerprint density at radius 3 is 2.10 bits per heavy atom. The van der Waals surface area contributed by atoms with Crippen LogP contribution in [0, 0.1) is 18.3 Å². The van der Waals surface area contributed by atoms with Gasteiger partial charge in [0.15, 0.2) is 0 Å². The van der Waals surface area contributed by atoms with Crippen molar-refractivity contribution in [1.29, 1.82) is 0 Å². The molecule has 1 aromatic carbocycles. The number of terminal acetylenes is 1. The van der Waals surface area contributed by atoms with E-state index in [0.717, 1.165) is 0 Å². The van der Waals surface area contributed by atoms with Gasteiger partial charge in [-0.15, -0.1) is 6.42 Å². The Hall–Kier alpha value is -3.54. The second-order valence-corrected chi connectivity index (χ2v) is 11.4. The van der Waals surface area contributed by atoms with Crippen molar-refractivity contribution in [2.75, 3.05) is 13.2 Å². The van der Waals surface area contributed by atoms with E-state index in [9.17, 15) is 19.2 Å². The Morgan fingerprint density at radius 2 is 1.62 bits per heavy atom. The zero-order valence-corrected chi connectivity index (χ0v) is 25.6. The van der Waals surface area contributed by atoms with E-state index in [1.165, 1.54) is 4.90 Å². The van der Waals surface area contributed by atoms with Gasteiger partial charge in [0.05, 0.1) is 13.0 Å². The molecule has 1 rings (SSSR count). The van der Waals surface area contributed by atoms with E-state index in [1.54, 1.807) is 52.0 Å². The van der Waals surface area contributed by atoms with E-state index in [-0.39, 0.29) is 25.5 Å². The van der Waals surface area contributed by atoms with Crippen LogP contribution in [0.3, 0.4) is 0 Å². The number of alkyl carbamates (subject to hydrolysis) is 1. The number of carbonyl (C=O) groups is 4. The van der Waals surface area contributed by atoms with Gasteiger partial charge in [0, 0.05) is 17.6 Å². The summed E-state index contributed by atoms with van der Waals surface area (Å²) in [5.41, 5.74) is -0.383. The van der Waals surface area contributed by atoms with Crippen molar-refractivity contribution in [1.82, 2.24) is 15.5 Å². The number of nitrogens with one attached hydrogen (secondary N) is 2. The van der Waals surface area contributed by atoms with Crippen LogP contribution in [-0.2, 0) is 23.9 Å². The van der Waals surface area contributed by atoms with Crippen molar-refractivity contribution < 1.29 is 28.7 Å². The first-order valence-corrected chi connectivity index (χ1v) is 13.9. The van der Waals surface area contributed by atoms with Crippen molar-refractivity contribution in [3.8, 4) is 12.3 Å². The van der Waals surface area contributed by atoms with Crippen molar-refractivity contribution in [3.63, 3.8) is 0 Å². The van der Waals surface area contributed by atoms with Crippen LogP contribution in [0.25, 0.3) is 0 Å². The van der Waals surface area contributed by atoms with E-state index in [0.29, 0.717) is 24.0 Å². The Balaban J connectivity index is 3.61. The smallest absolute Gasteiger partial charge is 0.408 e. The molecule has 0 aliphatic rings. The fraction of sp³-hybridized carbons (Fsp3) is 0.613. The summed E-state index contributed by atoms with van der Waals surface area (Å²) in [5.74, 6) is 0.988. The molecule has 0 bridgehead atoms. The molecule has 2 N–H and O–H groups in total. The van der Waals surface area contributed by atoms with Crippen LogP contribution >= 0.6 is 0 Å². The SMILES string of the molecule is C#Cc1ccc(C(C(=O)NCCC(=O)OCC)N(C(=O)C(NC(=O)OC(C)(C)C)C(C)CC)C(C)(C)CC)cc1. The highest BCUT2D eigenvalue weighted by Crippen LogP contribution is 2.33. The van der Waals surface area contributed by atoms with Crippen LogP contribution in [0.15, 0.2) is 24.3 Å². The lowest BCUT2D eigenvalue weighted by atomic mass is 9.89. The van der Waals surface area contributed by atoms with Crippen molar-refractivity contribution in [2.45, 2.75) is 105 Å². The zero-order valence-electron chi connectivity index (χ0n) is 25.6. The zero-order chi connectivity index (χ0) is 30.7. The highest BCUT2D eigenvalue weighted by molar-refractivity contribution is 5.93. The number of ether oxygens (including phenoxy) is 2. The van der Waals surface area contributed by atoms with E-state index in [4.69, 9.17) is 15.9 Å². The van der Waals surface area contributed by atoms with Gasteiger partial charge in [-0.05, 0) is 71.6 Å². The van der Waals surface area contributed by atoms with Gasteiger partial charge in [0.2, 0.25) is 11.8 Å². The second kappa shape index (κ2) is 15.3. The maximum atomic E-state index is 14.4. The topological polar surface area (TPSA) is 114 Å². The summed E-state index contributed by atoms with van der Waals surface area (Å²) in [5, 5.41) is 5.56. The highest BCUT2D eigenvalue weighted by atomic mass is 16.6. The third-order valence-electron chi connectivity index (χ3n) is 6.74. The lowest BCUT2D eigenvalue weighted by Gasteiger charge is -2.45. The van der Waals surface area contributed by atoms with Gasteiger partial charge in [-0.1, -0.05) is 45.2 Å². The molecule has 9 heteroatoms. The number of carbonyl (C=O) groups excluding carboxylic acids is 4. The third-order valence-corrected chi connectivity index (χ3v) is 6.74. The van der Waals surface area contributed by atoms with Crippen molar-refractivity contribution >= 4 is 23.9 Å². The minimum atomic E-state index is -1.07. The van der Waals surface area contributed by atoms with Crippen LogP contribution < -0.4 is 10.6 Å². The van der Waals surface area contributed by atoms with Gasteiger partial charge < -0.3 is 25.0 Å². The lowest BCUT2D eigenvalue weighted by molar-refractivity contribution is -0.150. The molecule has 0 spiro atoms. The van der Waals surface area contributed by atoms with Crippen LogP contribution in [0.5, 0.6) is 0 Å². The predicted octanol–water partition coefficient (Wildman–Crippen LogP) is 4.74. The molecule has 3 atom stereocenters. The number of hydrogen-bond donors (Lipinski definition) is 2. The molecule has 40 heavy (non-hydrogen) atoms. The Bertz CT molecular complexity index is 1050. The summed E-state index contributed by atoms with van der Waals surface area (Å²) in [6.07, 6.45) is 5.94. The molecule has 222 valence electrons. The number of hydrogen-bond acceptors (Lipinski definition) is 6. The standard InChI is InChI=1S/C31H47N3O6/c1-11-21(5)25(33-29(38)40-30(6,7)8)28(37)34(31(9,10)13-3)26(23-17-15-22(12-2)16-18-23)27(36)32-20-19-24(35)39-14-4/h2,15-18,21,25-26H,11,13-14,19-20H2,1,3-10H3,(H,32,36)(H,33,38). The van der Waals surface area contributed by atoms with Gasteiger partial charge in [-0.3, -0.25) is 14.4 Å². The summed E-state index contributed by atoms with van der Waals surface area (Å²) in [7, 11) is 0. The highest BCUT2D eigenvalue weighted by Gasteiger charge is 2.44. The van der Waals surface area contributed by atoms with Crippen molar-refractivity contribution in [3.05, 3.63) is 35.4 Å². The van der Waals surface area contributed by atoms with Crippen LogP contribution in [0.4, 0.5) is 4.79 Å². The van der Waals surface area contributed by atoms with Crippen LogP contribution in [0.1, 0.15) is 98.7 Å². The summed E-state index contributed by atoms with van der Waals surface area (Å²) in [4.78, 5) is 54.4. The third kappa shape index (κ3) is 10.2. The van der Waals surface area contributed by atoms with Crippen molar-refractivity contribution in [2.24, 2.45) is 5.92 Å². The summed E-state index contributed by atoms with van der Waals surface area (Å²) in [6.45, 7) is 16.7. The minimum Gasteiger partial charge on any atom is -0.466 e. The summed E-state index contributed by atoms with van der Waals surface area (Å²) >= 11 is 0. The van der Waals surface area contributed by atoms with Gasteiger partial charge >= 0.3 is 12.1 Å². The molecule has 0 aromatic heterocycles. The summed E-state index contributed by atoms with van der Waals surface area (Å²) in [6, 6.07) is 4.84. The molecule has 0 radical (unpaired) electrons. The first-order chi connectivity index (χ1) is 18.6. The van der Waals surface area contributed by atoms with Gasteiger partial charge in [-0.2, -0.15) is 0 Å². The largest absolute Gasteiger partial charge is 0.466 e. The fourth-order valence-corrected chi connectivity index (χ4v) is 4.01. The number of nitrogens with zero attached hydrogens (tertiary/aromatic N) is 1. The first-order valence-electron chi connectivity index (χ1n) is 13.9. The molecule has 3 unspecified atom stereocenters. The fourth-order valence-electron chi connectivity index (χ4n) is 4.01.